The molecule has 186 valence electrons. The van der Waals surface area contributed by atoms with E-state index in [1.165, 1.54) is 12.8 Å². The molecule has 0 unspecified atom stereocenters. The third-order valence-electron chi connectivity index (χ3n) is 7.40. The van der Waals surface area contributed by atoms with Gasteiger partial charge in [0.15, 0.2) is 11.5 Å². The molecule has 1 saturated carbocycles. The maximum atomic E-state index is 12.8. The fourth-order valence-corrected chi connectivity index (χ4v) is 5.65. The molecule has 0 radical (unpaired) electrons. The van der Waals surface area contributed by atoms with Gasteiger partial charge in [0.1, 0.15) is 0 Å². The second-order valence-corrected chi connectivity index (χ2v) is 9.49. The number of amides is 1. The van der Waals surface area contributed by atoms with E-state index in [2.05, 4.69) is 17.1 Å². The lowest BCUT2D eigenvalue weighted by atomic mass is 9.66. The molecule has 2 fully saturated rings. The van der Waals surface area contributed by atoms with Gasteiger partial charge in [-0.15, -0.1) is 0 Å². The van der Waals surface area contributed by atoms with Crippen LogP contribution in [0.5, 0.6) is 17.2 Å². The van der Waals surface area contributed by atoms with E-state index in [1.54, 1.807) is 21.3 Å². The van der Waals surface area contributed by atoms with E-state index in [9.17, 15) is 9.90 Å². The highest BCUT2D eigenvalue weighted by Crippen LogP contribution is 2.51. The summed E-state index contributed by atoms with van der Waals surface area (Å²) in [6.07, 6.45) is 9.12. The van der Waals surface area contributed by atoms with Crippen molar-refractivity contribution in [1.29, 1.82) is 0 Å². The van der Waals surface area contributed by atoms with E-state index < -0.39 is 5.60 Å². The summed E-state index contributed by atoms with van der Waals surface area (Å²) in [6, 6.07) is 3.85. The highest BCUT2D eigenvalue weighted by Gasteiger charge is 2.49. The molecular weight excluding hydrogens is 420 g/mol. The number of nitrogens with zero attached hydrogens (tertiary/aromatic N) is 1. The predicted molar refractivity (Wildman–Crippen MR) is 129 cm³/mol. The number of ether oxygens (including phenoxy) is 3. The van der Waals surface area contributed by atoms with Gasteiger partial charge < -0.3 is 24.6 Å². The first-order valence-electron chi connectivity index (χ1n) is 12.5. The zero-order chi connectivity index (χ0) is 23.8. The zero-order valence-electron chi connectivity index (χ0n) is 20.8. The molecule has 1 aliphatic carbocycles. The van der Waals surface area contributed by atoms with E-state index >= 15 is 0 Å². The molecule has 0 aromatic heterocycles. The summed E-state index contributed by atoms with van der Waals surface area (Å²) >= 11 is 0. The number of carbonyl (C=O) groups is 1. The van der Waals surface area contributed by atoms with Gasteiger partial charge in [-0.1, -0.05) is 39.0 Å². The van der Waals surface area contributed by atoms with Crippen molar-refractivity contribution in [3.05, 3.63) is 17.7 Å². The number of carbonyl (C=O) groups excluding carboxylic acids is 1. The topological polar surface area (TPSA) is 80.3 Å². The Morgan fingerprint density at radius 3 is 2.45 bits per heavy atom. The van der Waals surface area contributed by atoms with Gasteiger partial charge in [0.25, 0.3) is 0 Å². The van der Waals surface area contributed by atoms with E-state index in [-0.39, 0.29) is 17.9 Å². The van der Waals surface area contributed by atoms with Crippen LogP contribution in [0.1, 0.15) is 76.3 Å². The SMILES string of the molecule is CCCCCCNC(=O)CN1CC[C@@]2(O)CCCC[C@@H]2[C@@H]1c1cc(OC)c(OC)c(OC)c1. The zero-order valence-corrected chi connectivity index (χ0v) is 20.8. The minimum Gasteiger partial charge on any atom is -0.493 e. The predicted octanol–water partition coefficient (Wildman–Crippen LogP) is 4.08. The largest absolute Gasteiger partial charge is 0.493 e. The van der Waals surface area contributed by atoms with Crippen LogP contribution in [0.3, 0.4) is 0 Å². The lowest BCUT2D eigenvalue weighted by Crippen LogP contribution is -2.56. The van der Waals surface area contributed by atoms with Crippen LogP contribution in [-0.4, -0.2) is 62.5 Å². The van der Waals surface area contributed by atoms with Crippen LogP contribution in [0.25, 0.3) is 0 Å². The Balaban J connectivity index is 1.86. The van der Waals surface area contributed by atoms with Crippen LogP contribution in [0.4, 0.5) is 0 Å². The van der Waals surface area contributed by atoms with Crippen molar-refractivity contribution in [1.82, 2.24) is 10.2 Å². The first-order chi connectivity index (χ1) is 16.0. The minimum absolute atomic E-state index is 0.0465. The molecule has 33 heavy (non-hydrogen) atoms. The van der Waals surface area contributed by atoms with Crippen molar-refractivity contribution in [3.63, 3.8) is 0 Å². The minimum atomic E-state index is -0.698. The van der Waals surface area contributed by atoms with Gasteiger partial charge in [0.2, 0.25) is 11.7 Å². The van der Waals surface area contributed by atoms with E-state index in [0.717, 1.165) is 50.6 Å². The van der Waals surface area contributed by atoms with Crippen LogP contribution in [0.15, 0.2) is 12.1 Å². The molecule has 1 heterocycles. The Kier molecular flexibility index (Phi) is 9.27. The molecule has 1 amide bonds. The fraction of sp³-hybridized carbons (Fsp3) is 0.731. The van der Waals surface area contributed by atoms with Crippen LogP contribution in [0, 0.1) is 5.92 Å². The van der Waals surface area contributed by atoms with Crippen molar-refractivity contribution in [2.24, 2.45) is 5.92 Å². The Morgan fingerprint density at radius 2 is 1.82 bits per heavy atom. The van der Waals surface area contributed by atoms with Gasteiger partial charge >= 0.3 is 0 Å². The van der Waals surface area contributed by atoms with Crippen molar-refractivity contribution >= 4 is 5.91 Å². The molecule has 0 bridgehead atoms. The number of hydrogen-bond donors (Lipinski definition) is 2. The molecule has 1 aliphatic heterocycles. The van der Waals surface area contributed by atoms with Crippen LogP contribution >= 0.6 is 0 Å². The number of likely N-dealkylation sites (tertiary alicyclic amines) is 1. The Morgan fingerprint density at radius 1 is 1.09 bits per heavy atom. The number of hydrogen-bond acceptors (Lipinski definition) is 6. The summed E-state index contributed by atoms with van der Waals surface area (Å²) in [6.45, 7) is 3.90. The molecule has 0 spiro atoms. The van der Waals surface area contributed by atoms with Gasteiger partial charge in [-0.05, 0) is 43.4 Å². The average Bonchev–Trinajstić information content (AvgIpc) is 2.82. The van der Waals surface area contributed by atoms with Crippen molar-refractivity contribution < 1.29 is 24.1 Å². The normalized spacial score (nSPS) is 25.2. The molecule has 1 aromatic carbocycles. The smallest absolute Gasteiger partial charge is 0.234 e. The lowest BCUT2D eigenvalue weighted by Gasteiger charge is -2.52. The monoisotopic (exact) mass is 462 g/mol. The summed E-state index contributed by atoms with van der Waals surface area (Å²) in [5.41, 5.74) is 0.293. The summed E-state index contributed by atoms with van der Waals surface area (Å²) < 4.78 is 16.7. The number of nitrogens with one attached hydrogen (secondary N) is 1. The molecule has 2 aliphatic rings. The quantitative estimate of drug-likeness (QED) is 0.483. The Bertz CT molecular complexity index is 761. The van der Waals surface area contributed by atoms with Crippen molar-refractivity contribution in [2.45, 2.75) is 76.4 Å². The highest BCUT2D eigenvalue weighted by atomic mass is 16.5. The maximum Gasteiger partial charge on any atom is 0.234 e. The Hall–Kier alpha value is -1.99. The first kappa shape index (κ1) is 25.6. The molecule has 7 heteroatoms. The second kappa shape index (κ2) is 11.9. The lowest BCUT2D eigenvalue weighted by molar-refractivity contribution is -0.137. The standard InChI is InChI=1S/C26H42N2O5/c1-5-6-7-10-14-27-23(29)18-28-15-13-26(30)12-9-8-11-20(26)24(28)19-16-21(31-2)25(33-4)22(17-19)32-3/h16-17,20,24,30H,5-15,18H2,1-4H3,(H,27,29)/t20-,24+,26+/m1/s1. The third-order valence-corrected chi connectivity index (χ3v) is 7.40. The van der Waals surface area contributed by atoms with Crippen LogP contribution in [0.2, 0.25) is 0 Å². The molecule has 2 N–H and O–H groups in total. The first-order valence-corrected chi connectivity index (χ1v) is 12.5. The second-order valence-electron chi connectivity index (χ2n) is 9.49. The van der Waals surface area contributed by atoms with Crippen molar-refractivity contribution in [2.75, 3.05) is 41.0 Å². The van der Waals surface area contributed by atoms with E-state index in [4.69, 9.17) is 14.2 Å². The number of methoxy groups -OCH3 is 3. The van der Waals surface area contributed by atoms with Crippen molar-refractivity contribution in [3.8, 4) is 17.2 Å². The fourth-order valence-electron chi connectivity index (χ4n) is 5.65. The van der Waals surface area contributed by atoms with Gasteiger partial charge in [0.05, 0.1) is 33.5 Å². The highest BCUT2D eigenvalue weighted by molar-refractivity contribution is 5.78. The number of piperidine rings is 1. The number of fused-ring (bicyclic) bond motifs is 1. The van der Waals surface area contributed by atoms with Gasteiger partial charge in [-0.2, -0.15) is 0 Å². The summed E-state index contributed by atoms with van der Waals surface area (Å²) in [5.74, 6) is 1.84. The average molecular weight is 463 g/mol. The Labute approximate surface area is 198 Å². The molecule has 1 saturated heterocycles. The molecule has 3 atom stereocenters. The van der Waals surface area contributed by atoms with E-state index in [0.29, 0.717) is 36.8 Å². The maximum absolute atomic E-state index is 12.8. The third kappa shape index (κ3) is 5.93. The van der Waals surface area contributed by atoms with Gasteiger partial charge in [0, 0.05) is 25.0 Å². The number of aliphatic hydroxyl groups is 1. The summed E-state index contributed by atoms with van der Waals surface area (Å²) in [7, 11) is 4.82. The molecule has 3 rings (SSSR count). The summed E-state index contributed by atoms with van der Waals surface area (Å²) in [4.78, 5) is 15.1. The molecule has 1 aromatic rings. The van der Waals surface area contributed by atoms with E-state index in [1.807, 2.05) is 12.1 Å². The van der Waals surface area contributed by atoms with Crippen LogP contribution < -0.4 is 19.5 Å². The number of rotatable bonds is 11. The van der Waals surface area contributed by atoms with Gasteiger partial charge in [-0.3, -0.25) is 9.69 Å². The number of unbranched alkanes of at least 4 members (excludes halogenated alkanes) is 3. The molecule has 7 nitrogen and oxygen atoms in total. The molecular formula is C26H42N2O5. The number of benzene rings is 1. The van der Waals surface area contributed by atoms with Crippen LogP contribution in [-0.2, 0) is 4.79 Å². The summed E-state index contributed by atoms with van der Waals surface area (Å²) in [5, 5.41) is 14.6. The van der Waals surface area contributed by atoms with Gasteiger partial charge in [-0.25, -0.2) is 0 Å².